The van der Waals surface area contributed by atoms with E-state index < -0.39 is 0 Å². The second-order valence-corrected chi connectivity index (χ2v) is 12.9. The molecule has 0 radical (unpaired) electrons. The van der Waals surface area contributed by atoms with Crippen molar-refractivity contribution in [3.63, 3.8) is 0 Å². The van der Waals surface area contributed by atoms with Crippen LogP contribution in [0.1, 0.15) is 79.7 Å². The molecule has 1 aliphatic heterocycles. The number of nitriles is 1. The molecule has 14 heteroatoms. The quantitative estimate of drug-likeness (QED) is 0.0489. The van der Waals surface area contributed by atoms with Gasteiger partial charge in [-0.25, -0.2) is 0 Å². The summed E-state index contributed by atoms with van der Waals surface area (Å²) in [6.07, 6.45) is 2.16. The standard InChI is InChI=1S/C35H53N7O4S.2C2H6.H3NS/c1-27(2)34(13-12-33(46)7-6-14-37-35(47)38-32-10-8-31(23-36)9-11-32)42-21-19-40(25-29(4)44)17-15-39(24-28(3)43)16-18-41(20-22-42)26-30(5)45;3*1-2/h8-11,34,43H,1,3,6-7,12-22,24-26H2,2,4-5H3,(H2,37,38,47);2*1-2H3;2H,1H2. The molecule has 0 amide bonds. The third-order valence-corrected chi connectivity index (χ3v) is 8.31. The van der Waals surface area contributed by atoms with E-state index in [1.165, 1.54) is 0 Å². The molecule has 1 fully saturated rings. The van der Waals surface area contributed by atoms with Gasteiger partial charge in [0.05, 0.1) is 37.0 Å². The minimum absolute atomic E-state index is 0.0169. The van der Waals surface area contributed by atoms with E-state index in [1.54, 1.807) is 38.1 Å². The molecule has 2 rings (SSSR count). The van der Waals surface area contributed by atoms with Gasteiger partial charge >= 0.3 is 0 Å². The summed E-state index contributed by atoms with van der Waals surface area (Å²) in [6.45, 7) is 28.0. The number of rotatable bonds is 16. The van der Waals surface area contributed by atoms with Crippen LogP contribution in [0, 0.1) is 11.3 Å². The molecular formula is C39H68N8O4S2. The summed E-state index contributed by atoms with van der Waals surface area (Å²) in [5, 5.41) is 29.7. The smallest absolute Gasteiger partial charge is 0.170 e. The van der Waals surface area contributed by atoms with E-state index >= 15 is 0 Å². The highest BCUT2D eigenvalue weighted by atomic mass is 32.1. The van der Waals surface area contributed by atoms with Gasteiger partial charge < -0.3 is 15.7 Å². The number of hydrogen-bond donors (Lipinski definition) is 5. The minimum atomic E-state index is -0.0169. The first-order valence-electron chi connectivity index (χ1n) is 18.6. The topological polar surface area (TPSA) is 158 Å². The highest BCUT2D eigenvalue weighted by Gasteiger charge is 2.24. The Balaban J connectivity index is 0. The van der Waals surface area contributed by atoms with E-state index in [9.17, 15) is 19.5 Å². The summed E-state index contributed by atoms with van der Waals surface area (Å²) in [6, 6.07) is 9.09. The van der Waals surface area contributed by atoms with Crippen LogP contribution in [0.4, 0.5) is 5.69 Å². The van der Waals surface area contributed by atoms with Crippen molar-refractivity contribution in [3.05, 3.63) is 54.3 Å². The van der Waals surface area contributed by atoms with Gasteiger partial charge in [0.2, 0.25) is 0 Å². The first-order chi connectivity index (χ1) is 25.4. The molecule has 1 aliphatic rings. The van der Waals surface area contributed by atoms with E-state index in [0.29, 0.717) is 115 Å². The molecule has 1 aromatic rings. The fraction of sp³-hybridized carbons (Fsp3) is 0.615. The molecule has 0 aliphatic carbocycles. The maximum absolute atomic E-state index is 12.9. The van der Waals surface area contributed by atoms with Crippen LogP contribution in [0.5, 0.6) is 0 Å². The number of thiocarbonyl (C=S) groups is 1. The normalized spacial score (nSPS) is 15.0. The van der Waals surface area contributed by atoms with Crippen molar-refractivity contribution < 1.29 is 19.5 Å². The molecular weight excluding hydrogens is 709 g/mol. The van der Waals surface area contributed by atoms with Crippen LogP contribution in [-0.4, -0.2) is 132 Å². The third-order valence-electron chi connectivity index (χ3n) is 8.07. The molecule has 1 unspecified atom stereocenters. The number of aliphatic hydroxyl groups is 1. The van der Waals surface area contributed by atoms with Crippen LogP contribution < -0.4 is 15.8 Å². The first kappa shape index (κ1) is 51.9. The molecule has 1 saturated heterocycles. The molecule has 0 aromatic heterocycles. The molecule has 1 heterocycles. The number of hydrogen-bond acceptors (Lipinski definition) is 12. The van der Waals surface area contributed by atoms with Crippen LogP contribution >= 0.6 is 25.0 Å². The SMILES string of the molecule is C=C(O)CN1CCN(CC(C)=O)CCN(C(CCC(=O)CCCNC(=S)Nc2ccc(C#N)cc2)C(=C)C)CCN(CC(C)=O)CC1.CC.CC.NS. The predicted octanol–water partition coefficient (Wildman–Crippen LogP) is 5.23. The van der Waals surface area contributed by atoms with Gasteiger partial charge in [-0.15, -0.1) is 12.8 Å². The molecule has 12 nitrogen and oxygen atoms in total. The van der Waals surface area contributed by atoms with Crippen molar-refractivity contribution in [1.29, 1.82) is 5.26 Å². The number of nitrogens with one attached hydrogen (secondary N) is 2. The highest BCUT2D eigenvalue weighted by Crippen LogP contribution is 2.17. The Morgan fingerprint density at radius 2 is 1.30 bits per heavy atom. The molecule has 0 spiro atoms. The van der Waals surface area contributed by atoms with Crippen LogP contribution in [0.25, 0.3) is 0 Å². The van der Waals surface area contributed by atoms with E-state index in [-0.39, 0.29) is 29.2 Å². The van der Waals surface area contributed by atoms with Crippen LogP contribution in [-0.2, 0) is 14.4 Å². The molecule has 53 heavy (non-hydrogen) atoms. The Kier molecular flexibility index (Phi) is 31.6. The van der Waals surface area contributed by atoms with Crippen molar-refractivity contribution in [1.82, 2.24) is 24.9 Å². The Labute approximate surface area is 331 Å². The van der Waals surface area contributed by atoms with Gasteiger partial charge in [0.15, 0.2) is 5.11 Å². The lowest BCUT2D eigenvalue weighted by Crippen LogP contribution is -2.50. The van der Waals surface area contributed by atoms with Crippen LogP contribution in [0.2, 0.25) is 0 Å². The van der Waals surface area contributed by atoms with Crippen LogP contribution in [0.15, 0.2) is 48.8 Å². The number of aliphatic hydroxyl groups excluding tert-OH is 1. The lowest BCUT2D eigenvalue weighted by Gasteiger charge is -2.37. The Morgan fingerprint density at radius 1 is 0.849 bits per heavy atom. The zero-order chi connectivity index (χ0) is 40.8. The number of Topliss-reactive ketones (excluding diaryl/α,β-unsaturated/α-hetero) is 3. The number of carbonyl (C=O) groups is 3. The van der Waals surface area contributed by atoms with Gasteiger partial charge in [0.1, 0.15) is 17.3 Å². The lowest BCUT2D eigenvalue weighted by atomic mass is 9.99. The van der Waals surface area contributed by atoms with Gasteiger partial charge in [0.25, 0.3) is 0 Å². The lowest BCUT2D eigenvalue weighted by molar-refractivity contribution is -0.120. The van der Waals surface area contributed by atoms with E-state index in [1.807, 2.05) is 34.6 Å². The number of carbonyl (C=O) groups excluding carboxylic acids is 3. The first-order valence-corrected chi connectivity index (χ1v) is 19.5. The van der Waals surface area contributed by atoms with E-state index in [2.05, 4.69) is 67.4 Å². The highest BCUT2D eigenvalue weighted by molar-refractivity contribution is 7.80. The summed E-state index contributed by atoms with van der Waals surface area (Å²) in [5.74, 6) is 0.462. The van der Waals surface area contributed by atoms with Gasteiger partial charge in [-0.05, 0) is 70.1 Å². The molecule has 0 saturated carbocycles. The summed E-state index contributed by atoms with van der Waals surface area (Å²) < 4.78 is 0. The fourth-order valence-corrected chi connectivity index (χ4v) is 5.90. The number of thiol groups is 1. The second-order valence-electron chi connectivity index (χ2n) is 12.4. The maximum atomic E-state index is 12.9. The van der Waals surface area contributed by atoms with Crippen LogP contribution in [0.3, 0.4) is 0 Å². The minimum Gasteiger partial charge on any atom is -0.512 e. The van der Waals surface area contributed by atoms with Crippen molar-refractivity contribution in [3.8, 4) is 6.07 Å². The molecule has 300 valence electrons. The van der Waals surface area contributed by atoms with Gasteiger partial charge in [-0.3, -0.25) is 39.1 Å². The van der Waals surface area contributed by atoms with Crippen molar-refractivity contribution in [2.24, 2.45) is 5.14 Å². The number of nitrogens with zero attached hydrogens (tertiary/aromatic N) is 5. The zero-order valence-electron chi connectivity index (χ0n) is 33.5. The van der Waals surface area contributed by atoms with Crippen molar-refractivity contribution in [2.45, 2.75) is 80.2 Å². The predicted molar refractivity (Wildman–Crippen MR) is 227 cm³/mol. The fourth-order valence-electron chi connectivity index (χ4n) is 5.68. The number of ketones is 3. The van der Waals surface area contributed by atoms with Crippen molar-refractivity contribution in [2.75, 3.05) is 83.9 Å². The van der Waals surface area contributed by atoms with Crippen molar-refractivity contribution >= 4 is 53.2 Å². The Morgan fingerprint density at radius 3 is 1.72 bits per heavy atom. The maximum Gasteiger partial charge on any atom is 0.170 e. The monoisotopic (exact) mass is 776 g/mol. The Hall–Kier alpha value is -3.16. The summed E-state index contributed by atoms with van der Waals surface area (Å²) in [5.41, 5.74) is 2.34. The summed E-state index contributed by atoms with van der Waals surface area (Å²) in [7, 11) is 0. The zero-order valence-corrected chi connectivity index (χ0v) is 35.2. The molecule has 5 N–H and O–H groups in total. The molecule has 1 atom stereocenters. The Bertz CT molecular complexity index is 1240. The largest absolute Gasteiger partial charge is 0.512 e. The molecule has 1 aromatic carbocycles. The van der Waals surface area contributed by atoms with Gasteiger partial charge in [0, 0.05) is 83.5 Å². The average molecular weight is 777 g/mol. The van der Waals surface area contributed by atoms with E-state index in [0.717, 1.165) is 11.3 Å². The summed E-state index contributed by atoms with van der Waals surface area (Å²) in [4.78, 5) is 45.9. The number of nitrogens with two attached hydrogens (primary N) is 1. The second kappa shape index (κ2) is 32.3. The average Bonchev–Trinajstić information content (AvgIpc) is 3.13. The van der Waals surface area contributed by atoms with Gasteiger partial charge in [-0.2, -0.15) is 5.26 Å². The van der Waals surface area contributed by atoms with Gasteiger partial charge in [-0.1, -0.05) is 46.4 Å². The molecule has 0 bridgehead atoms. The number of benzene rings is 1. The van der Waals surface area contributed by atoms with E-state index in [4.69, 9.17) is 17.5 Å². The number of anilines is 1. The third kappa shape index (κ3) is 25.5. The summed E-state index contributed by atoms with van der Waals surface area (Å²) >= 11 is 8.38.